The lowest BCUT2D eigenvalue weighted by Gasteiger charge is -2.09. The van der Waals surface area contributed by atoms with Crippen molar-refractivity contribution in [2.24, 2.45) is 0 Å². The predicted molar refractivity (Wildman–Crippen MR) is 83.3 cm³/mol. The molecule has 106 valence electrons. The molecule has 0 aliphatic heterocycles. The van der Waals surface area contributed by atoms with Crippen LogP contribution in [0.15, 0.2) is 47.3 Å². The Morgan fingerprint density at radius 2 is 2.00 bits per heavy atom. The number of nitrogens with one attached hydrogen (secondary N) is 2. The van der Waals surface area contributed by atoms with Crippen LogP contribution in [0.2, 0.25) is 5.02 Å². The summed E-state index contributed by atoms with van der Waals surface area (Å²) in [6.45, 7) is 0. The van der Waals surface area contributed by atoms with Crippen LogP contribution in [0.3, 0.4) is 0 Å². The van der Waals surface area contributed by atoms with Crippen LogP contribution in [-0.2, 0) is 0 Å². The van der Waals surface area contributed by atoms with Gasteiger partial charge in [0, 0.05) is 17.8 Å². The van der Waals surface area contributed by atoms with E-state index in [-0.39, 0.29) is 11.5 Å². The molecule has 5 nitrogen and oxygen atoms in total. The summed E-state index contributed by atoms with van der Waals surface area (Å²) >= 11 is 5.93. The highest BCUT2D eigenvalue weighted by Crippen LogP contribution is 2.22. The van der Waals surface area contributed by atoms with E-state index in [4.69, 9.17) is 11.6 Å². The van der Waals surface area contributed by atoms with E-state index in [1.54, 1.807) is 49.5 Å². The zero-order chi connectivity index (χ0) is 15.0. The SMILES string of the molecule is CNc1cc(Cl)ccc1C(=O)n1[nH]c(=O)c2ccccc21. The van der Waals surface area contributed by atoms with Gasteiger partial charge in [0.1, 0.15) is 0 Å². The van der Waals surface area contributed by atoms with Crippen molar-refractivity contribution < 1.29 is 4.79 Å². The van der Waals surface area contributed by atoms with Crippen molar-refractivity contribution in [1.29, 1.82) is 0 Å². The molecule has 0 bridgehead atoms. The Kier molecular flexibility index (Phi) is 3.27. The van der Waals surface area contributed by atoms with Crippen LogP contribution in [0, 0.1) is 0 Å². The highest BCUT2D eigenvalue weighted by molar-refractivity contribution is 6.31. The number of aromatic nitrogens is 2. The van der Waals surface area contributed by atoms with Crippen LogP contribution in [0.5, 0.6) is 0 Å². The van der Waals surface area contributed by atoms with Crippen molar-refractivity contribution in [2.45, 2.75) is 0 Å². The summed E-state index contributed by atoms with van der Waals surface area (Å²) in [6, 6.07) is 11.9. The molecule has 1 aromatic heterocycles. The van der Waals surface area contributed by atoms with Crippen LogP contribution < -0.4 is 10.9 Å². The van der Waals surface area contributed by atoms with Crippen LogP contribution in [0.25, 0.3) is 10.9 Å². The minimum Gasteiger partial charge on any atom is -0.387 e. The van der Waals surface area contributed by atoms with E-state index < -0.39 is 0 Å². The molecule has 2 aromatic carbocycles. The molecule has 0 radical (unpaired) electrons. The first-order valence-electron chi connectivity index (χ1n) is 6.33. The summed E-state index contributed by atoms with van der Waals surface area (Å²) < 4.78 is 1.25. The van der Waals surface area contributed by atoms with Gasteiger partial charge in [-0.1, -0.05) is 23.7 Å². The van der Waals surface area contributed by atoms with E-state index in [0.717, 1.165) is 0 Å². The Balaban J connectivity index is 2.20. The van der Waals surface area contributed by atoms with Crippen LogP contribution in [-0.4, -0.2) is 22.7 Å². The Hall–Kier alpha value is -2.53. The van der Waals surface area contributed by atoms with Crippen molar-refractivity contribution in [2.75, 3.05) is 12.4 Å². The third kappa shape index (κ3) is 2.21. The van der Waals surface area contributed by atoms with Gasteiger partial charge in [0.2, 0.25) is 0 Å². The van der Waals surface area contributed by atoms with Crippen LogP contribution in [0.1, 0.15) is 10.4 Å². The highest BCUT2D eigenvalue weighted by Gasteiger charge is 2.17. The van der Waals surface area contributed by atoms with E-state index in [1.165, 1.54) is 4.68 Å². The molecule has 2 N–H and O–H groups in total. The molecule has 0 spiro atoms. The van der Waals surface area contributed by atoms with Gasteiger partial charge in [-0.2, -0.15) is 0 Å². The molecule has 1 heterocycles. The Morgan fingerprint density at radius 3 is 2.76 bits per heavy atom. The summed E-state index contributed by atoms with van der Waals surface area (Å²) in [7, 11) is 1.71. The maximum Gasteiger partial charge on any atom is 0.279 e. The van der Waals surface area contributed by atoms with E-state index >= 15 is 0 Å². The fourth-order valence-electron chi connectivity index (χ4n) is 2.27. The summed E-state index contributed by atoms with van der Waals surface area (Å²) in [5, 5.41) is 6.51. The summed E-state index contributed by atoms with van der Waals surface area (Å²) in [5.41, 5.74) is 1.29. The number of hydrogen-bond acceptors (Lipinski definition) is 3. The summed E-state index contributed by atoms with van der Waals surface area (Å²) in [5.74, 6) is -0.325. The zero-order valence-electron chi connectivity index (χ0n) is 11.2. The molecular formula is C15H12ClN3O2. The Bertz CT molecular complexity index is 895. The number of aromatic amines is 1. The number of fused-ring (bicyclic) bond motifs is 1. The fraction of sp³-hybridized carbons (Fsp3) is 0.0667. The monoisotopic (exact) mass is 301 g/mol. The third-order valence-electron chi connectivity index (χ3n) is 3.29. The predicted octanol–water partition coefficient (Wildman–Crippen LogP) is 2.71. The molecular weight excluding hydrogens is 290 g/mol. The number of carbonyl (C=O) groups excluding carboxylic acids is 1. The van der Waals surface area contributed by atoms with Gasteiger partial charge in [-0.25, -0.2) is 4.68 Å². The zero-order valence-corrected chi connectivity index (χ0v) is 11.9. The van der Waals surface area contributed by atoms with Gasteiger partial charge in [-0.3, -0.25) is 14.7 Å². The van der Waals surface area contributed by atoms with E-state index in [2.05, 4.69) is 10.4 Å². The number of para-hydroxylation sites is 1. The number of anilines is 1. The topological polar surface area (TPSA) is 66.9 Å². The first-order valence-corrected chi connectivity index (χ1v) is 6.71. The quantitative estimate of drug-likeness (QED) is 0.765. The molecule has 3 rings (SSSR count). The number of hydrogen-bond donors (Lipinski definition) is 2. The second-order valence-corrected chi connectivity index (χ2v) is 4.97. The van der Waals surface area contributed by atoms with E-state index in [1.807, 2.05) is 0 Å². The molecule has 0 fully saturated rings. The van der Waals surface area contributed by atoms with Crippen molar-refractivity contribution in [3.05, 3.63) is 63.4 Å². The molecule has 21 heavy (non-hydrogen) atoms. The maximum atomic E-state index is 12.7. The summed E-state index contributed by atoms with van der Waals surface area (Å²) in [4.78, 5) is 24.6. The lowest BCUT2D eigenvalue weighted by Crippen LogP contribution is -2.17. The van der Waals surface area contributed by atoms with Crippen molar-refractivity contribution in [1.82, 2.24) is 9.78 Å². The van der Waals surface area contributed by atoms with E-state index in [9.17, 15) is 9.59 Å². The van der Waals surface area contributed by atoms with Crippen LogP contribution >= 0.6 is 11.6 Å². The van der Waals surface area contributed by atoms with Crippen molar-refractivity contribution >= 4 is 34.1 Å². The molecule has 0 aliphatic carbocycles. The summed E-state index contributed by atoms with van der Waals surface area (Å²) in [6.07, 6.45) is 0. The highest BCUT2D eigenvalue weighted by atomic mass is 35.5. The number of benzene rings is 2. The lowest BCUT2D eigenvalue weighted by molar-refractivity contribution is 0.0950. The average Bonchev–Trinajstić information content (AvgIpc) is 2.84. The molecule has 3 aromatic rings. The fourth-order valence-corrected chi connectivity index (χ4v) is 2.45. The molecule has 0 aliphatic rings. The van der Waals surface area contributed by atoms with E-state index in [0.29, 0.717) is 27.2 Å². The smallest absolute Gasteiger partial charge is 0.279 e. The van der Waals surface area contributed by atoms with Crippen molar-refractivity contribution in [3.8, 4) is 0 Å². The molecule has 0 saturated carbocycles. The van der Waals surface area contributed by atoms with Gasteiger partial charge in [0.05, 0.1) is 16.5 Å². The van der Waals surface area contributed by atoms with Gasteiger partial charge in [-0.05, 0) is 30.3 Å². The standard InChI is InChI=1S/C15H12ClN3O2/c1-17-12-8-9(16)6-7-10(12)15(21)19-13-5-3-2-4-11(13)14(20)18-19/h2-8,17H,1H3,(H,18,20). The number of halogens is 1. The van der Waals surface area contributed by atoms with Gasteiger partial charge >= 0.3 is 0 Å². The minimum absolute atomic E-state index is 0.293. The second-order valence-electron chi connectivity index (χ2n) is 4.54. The lowest BCUT2D eigenvalue weighted by atomic mass is 10.1. The molecule has 0 unspecified atom stereocenters. The van der Waals surface area contributed by atoms with Gasteiger partial charge < -0.3 is 5.32 Å². The minimum atomic E-state index is -0.325. The second kappa shape index (κ2) is 5.10. The average molecular weight is 302 g/mol. The van der Waals surface area contributed by atoms with Gasteiger partial charge in [-0.15, -0.1) is 0 Å². The maximum absolute atomic E-state index is 12.7. The largest absolute Gasteiger partial charge is 0.387 e. The molecule has 6 heteroatoms. The molecule has 0 atom stereocenters. The number of rotatable bonds is 2. The van der Waals surface area contributed by atoms with Crippen LogP contribution in [0.4, 0.5) is 5.69 Å². The molecule has 0 amide bonds. The molecule has 0 saturated heterocycles. The van der Waals surface area contributed by atoms with Gasteiger partial charge in [0.25, 0.3) is 11.5 Å². The van der Waals surface area contributed by atoms with Gasteiger partial charge in [0.15, 0.2) is 0 Å². The normalized spacial score (nSPS) is 10.8. The number of H-pyrrole nitrogens is 1. The number of carbonyl (C=O) groups is 1. The first kappa shape index (κ1) is 13.5. The Labute approximate surface area is 125 Å². The first-order chi connectivity index (χ1) is 10.1. The Morgan fingerprint density at radius 1 is 1.24 bits per heavy atom. The van der Waals surface area contributed by atoms with Crippen molar-refractivity contribution in [3.63, 3.8) is 0 Å². The third-order valence-corrected chi connectivity index (χ3v) is 3.52. The number of nitrogens with zero attached hydrogens (tertiary/aromatic N) is 1.